The van der Waals surface area contributed by atoms with E-state index in [2.05, 4.69) is 18.5 Å². The summed E-state index contributed by atoms with van der Waals surface area (Å²) >= 11 is 0. The molecule has 0 saturated carbocycles. The molecule has 14 rings (SSSR count). The second-order valence-corrected chi connectivity index (χ2v) is 18.4. The second-order valence-electron chi connectivity index (χ2n) is 18.4. The van der Waals surface area contributed by atoms with Crippen molar-refractivity contribution in [3.05, 3.63) is 278 Å². The Morgan fingerprint density at radius 1 is 0.558 bits per heavy atom. The average Bonchev–Trinajstić information content (AvgIpc) is 1.41. The average molecular weight is 1190 g/mol. The Morgan fingerprint density at radius 3 is 1.94 bits per heavy atom. The van der Waals surface area contributed by atoms with Crippen LogP contribution in [0, 0.1) is 18.5 Å². The van der Waals surface area contributed by atoms with E-state index < -0.39 is 121 Å². The van der Waals surface area contributed by atoms with Crippen LogP contribution in [0.5, 0.6) is 11.5 Å². The number of fused-ring (bicyclic) bond motifs is 7. The van der Waals surface area contributed by atoms with E-state index in [1.807, 2.05) is 44.2 Å². The van der Waals surface area contributed by atoms with Gasteiger partial charge in [-0.25, -0.2) is 4.98 Å². The van der Waals surface area contributed by atoms with Crippen molar-refractivity contribution in [2.45, 2.75) is 25.6 Å². The molecular formula is C70H49N5OPt-2. The standard InChI is InChI=1S/C70H49N5O.Pt/c1-70(2,51-24-10-5-11-25-51)46-48-40-41-71-68(42-48)75-64-39-36-53(74-62-32-14-12-28-58(62)59-29-13-15-33-63(59)74)44-61(64)60-38-37-55(45-67(60)75)76-54-27-18-26-52(43-54)72-47-73(66-35-17-16-34-65(66)72)69-56(49-20-6-3-7-21-49)30-19-31-57(69)50-22-8-4-9-23-50;/h3-42,44H,46H2,1-2H3;/q-2;/i3D,4D,6D,7D,8D,9D,12D,13D,14D,15D,20D,21D,22D,23D,28D,29D,32D,33D,46D2;. The third-order valence-corrected chi connectivity index (χ3v) is 13.4. The van der Waals surface area contributed by atoms with Gasteiger partial charge in [0.15, 0.2) is 0 Å². The molecule has 0 unspecified atom stereocenters. The number of imidazole rings is 1. The third kappa shape index (κ3) is 8.43. The molecule has 10 aromatic carbocycles. The maximum atomic E-state index is 9.73. The Morgan fingerprint density at radius 2 is 1.21 bits per heavy atom. The molecule has 0 radical (unpaired) electrons. The Kier molecular flexibility index (Phi) is 7.74. The number of hydrogen-bond donors (Lipinski definition) is 0. The number of rotatable bonds is 11. The van der Waals surface area contributed by atoms with Gasteiger partial charge in [-0.1, -0.05) is 189 Å². The molecule has 4 aromatic heterocycles. The number of aromatic nitrogens is 5. The van der Waals surface area contributed by atoms with Gasteiger partial charge in [-0.3, -0.25) is 4.57 Å². The predicted molar refractivity (Wildman–Crippen MR) is 308 cm³/mol. The molecule has 0 N–H and O–H groups in total. The number of pyridine rings is 1. The summed E-state index contributed by atoms with van der Waals surface area (Å²) in [6.07, 6.45) is 2.90. The zero-order chi connectivity index (χ0) is 68.2. The van der Waals surface area contributed by atoms with Crippen molar-refractivity contribution in [2.75, 3.05) is 0 Å². The second kappa shape index (κ2) is 19.6. The first kappa shape index (κ1) is 30.5. The fourth-order valence-electron chi connectivity index (χ4n) is 10.0. The van der Waals surface area contributed by atoms with E-state index in [0.29, 0.717) is 44.1 Å². The van der Waals surface area contributed by atoms with Crippen LogP contribution in [-0.2, 0) is 32.9 Å². The SMILES string of the molecule is [2H]c1c([2H])c([2H])c(-c2cccc(-c3c([2H])c([2H])c([2H])c([2H])c3[2H])c2-[n+]2[c-]n(-c3[c-]c(Oc4[c-]c5c(cc4)c4cc(-n6c7c([2H])c([2H])c([2H])c([2H])c7c7c([2H])c([2H])c([2H])c([2H])c76)ccc4n5-c4cc(C([2H])([2H])C(C)(C)c5ccccc5)ccn4)ccc3)c3ccccc32)c([2H])c1[2H].[Pt]. The van der Waals surface area contributed by atoms with E-state index in [0.717, 1.165) is 5.56 Å². The molecule has 4 heterocycles. The third-order valence-electron chi connectivity index (χ3n) is 13.4. The van der Waals surface area contributed by atoms with E-state index >= 15 is 0 Å². The zero-order valence-electron chi connectivity index (χ0n) is 60.7. The van der Waals surface area contributed by atoms with Crippen LogP contribution in [0.15, 0.2) is 248 Å². The summed E-state index contributed by atoms with van der Waals surface area (Å²) in [6, 6.07) is 34.6. The van der Waals surface area contributed by atoms with Crippen LogP contribution in [0.25, 0.3) is 99.8 Å². The monoisotopic (exact) mass is 1190 g/mol. The minimum absolute atomic E-state index is 0. The van der Waals surface area contributed by atoms with Gasteiger partial charge in [0.1, 0.15) is 5.82 Å². The van der Waals surface area contributed by atoms with Gasteiger partial charge >= 0.3 is 0 Å². The summed E-state index contributed by atoms with van der Waals surface area (Å²) in [4.78, 5) is 4.84. The molecule has 0 spiro atoms. The molecule has 0 aliphatic carbocycles. The van der Waals surface area contributed by atoms with Crippen molar-refractivity contribution in [2.24, 2.45) is 0 Å². The number of nitrogens with zero attached hydrogens (tertiary/aromatic N) is 5. The molecule has 0 bridgehead atoms. The van der Waals surface area contributed by atoms with Crippen molar-refractivity contribution in [3.63, 3.8) is 0 Å². The minimum Gasteiger partial charge on any atom is -0.510 e. The molecule has 7 heteroatoms. The van der Waals surface area contributed by atoms with E-state index in [4.69, 9.17) is 31.7 Å². The van der Waals surface area contributed by atoms with Gasteiger partial charge in [-0.05, 0) is 98.7 Å². The van der Waals surface area contributed by atoms with Crippen LogP contribution in [0.3, 0.4) is 0 Å². The minimum atomic E-state index is -1.99. The van der Waals surface area contributed by atoms with Crippen molar-refractivity contribution < 1.29 is 57.8 Å². The summed E-state index contributed by atoms with van der Waals surface area (Å²) in [6.45, 7) is 3.66. The van der Waals surface area contributed by atoms with Crippen LogP contribution in [0.1, 0.15) is 52.4 Å². The molecule has 372 valence electrons. The summed E-state index contributed by atoms with van der Waals surface area (Å²) < 4.78 is 192. The molecule has 0 amide bonds. The number of ether oxygens (including phenoxy) is 1. The van der Waals surface area contributed by atoms with Gasteiger partial charge in [0.25, 0.3) is 6.33 Å². The maximum absolute atomic E-state index is 9.73. The van der Waals surface area contributed by atoms with Gasteiger partial charge in [-0.15, -0.1) is 29.7 Å². The van der Waals surface area contributed by atoms with Gasteiger partial charge in [-0.2, -0.15) is 18.2 Å². The zero-order valence-corrected chi connectivity index (χ0v) is 43.0. The molecule has 6 nitrogen and oxygen atoms in total. The largest absolute Gasteiger partial charge is 0.510 e. The first-order valence-corrected chi connectivity index (χ1v) is 24.1. The summed E-state index contributed by atoms with van der Waals surface area (Å²) in [7, 11) is 0. The van der Waals surface area contributed by atoms with Crippen LogP contribution >= 0.6 is 0 Å². The van der Waals surface area contributed by atoms with Crippen LogP contribution in [-0.4, -0.2) is 18.7 Å². The molecule has 14 aromatic rings. The van der Waals surface area contributed by atoms with Crippen LogP contribution in [0.2, 0.25) is 0 Å². The normalized spacial score (nSPS) is 15.6. The molecule has 0 aliphatic rings. The Bertz CT molecular complexity index is 5490. The van der Waals surface area contributed by atoms with Crippen molar-refractivity contribution in [1.29, 1.82) is 0 Å². The van der Waals surface area contributed by atoms with Gasteiger partial charge < -0.3 is 18.4 Å². The number of benzene rings is 10. The number of hydrogen-bond acceptors (Lipinski definition) is 2. The van der Waals surface area contributed by atoms with Crippen molar-refractivity contribution in [1.82, 2.24) is 18.7 Å². The van der Waals surface area contributed by atoms with Crippen LogP contribution < -0.4 is 9.30 Å². The molecule has 0 saturated heterocycles. The molecule has 0 atom stereocenters. The van der Waals surface area contributed by atoms with E-state index in [9.17, 15) is 5.48 Å². The van der Waals surface area contributed by atoms with Gasteiger partial charge in [0, 0.05) is 63.5 Å². The summed E-state index contributed by atoms with van der Waals surface area (Å²) in [5, 5.41) is 0.903. The smallest absolute Gasteiger partial charge is 0.268 e. The fraction of sp³-hybridized carbons (Fsp3) is 0.0571. The molecule has 0 fully saturated rings. The Balaban J connectivity index is 0.00000849. The number of para-hydroxylation sites is 5. The van der Waals surface area contributed by atoms with Crippen molar-refractivity contribution >= 4 is 54.6 Å². The summed E-state index contributed by atoms with van der Waals surface area (Å²) in [5.74, 6) is 0.613. The van der Waals surface area contributed by atoms with Gasteiger partial charge in [0.2, 0.25) is 0 Å². The van der Waals surface area contributed by atoms with E-state index in [1.54, 1.807) is 98.6 Å². The quantitative estimate of drug-likeness (QED) is 0.0956. The maximum Gasteiger partial charge on any atom is 0.268 e. The van der Waals surface area contributed by atoms with E-state index in [1.165, 1.54) is 29.0 Å². The van der Waals surface area contributed by atoms with E-state index in [-0.39, 0.29) is 93.8 Å². The first-order valence-electron chi connectivity index (χ1n) is 34.1. The molecular weight excluding hydrogens is 1120 g/mol. The Labute approximate surface area is 489 Å². The summed E-state index contributed by atoms with van der Waals surface area (Å²) in [5.41, 5.74) is 2.11. The fourth-order valence-corrected chi connectivity index (χ4v) is 10.0. The molecule has 0 aliphatic heterocycles. The topological polar surface area (TPSA) is 40.8 Å². The molecule has 77 heavy (non-hydrogen) atoms. The first-order chi connectivity index (χ1) is 45.7. The Hall–Kier alpha value is -9.09. The van der Waals surface area contributed by atoms with Crippen molar-refractivity contribution in [3.8, 4) is 56.6 Å². The predicted octanol–water partition coefficient (Wildman–Crippen LogP) is 16.5. The van der Waals surface area contributed by atoms with Crippen LogP contribution in [0.4, 0.5) is 0 Å². The van der Waals surface area contributed by atoms with Gasteiger partial charge in [0.05, 0.1) is 52.4 Å².